The number of amides is 1. The van der Waals surface area contributed by atoms with E-state index in [0.717, 1.165) is 0 Å². The molecule has 6 rings (SSSR count). The van der Waals surface area contributed by atoms with Gasteiger partial charge >= 0.3 is 6.09 Å². The van der Waals surface area contributed by atoms with Crippen LogP contribution in [-0.4, -0.2) is 37.1 Å². The van der Waals surface area contributed by atoms with Crippen molar-refractivity contribution in [1.29, 1.82) is 0 Å². The predicted octanol–water partition coefficient (Wildman–Crippen LogP) is 3.27. The van der Waals surface area contributed by atoms with E-state index in [-0.39, 0.29) is 19.5 Å². The number of anilines is 1. The summed E-state index contributed by atoms with van der Waals surface area (Å²) in [6.07, 6.45) is 3.35. The highest BCUT2D eigenvalue weighted by atomic mass is 35.5. The van der Waals surface area contributed by atoms with Crippen LogP contribution < -0.4 is 19.1 Å². The molecule has 9 heteroatoms. The lowest BCUT2D eigenvalue weighted by molar-refractivity contribution is 0.0170. The Balaban J connectivity index is 1.43. The first kappa shape index (κ1) is 16.8. The molecule has 1 aromatic carbocycles. The molecule has 0 N–H and O–H groups in total. The van der Waals surface area contributed by atoms with Crippen molar-refractivity contribution in [2.75, 3.05) is 24.8 Å². The molecule has 4 aliphatic rings. The van der Waals surface area contributed by atoms with Crippen LogP contribution >= 0.6 is 11.6 Å². The number of hydrogen-bond acceptors (Lipinski definition) is 7. The van der Waals surface area contributed by atoms with Crippen molar-refractivity contribution in [1.82, 2.24) is 4.98 Å². The molecule has 0 radical (unpaired) electrons. The number of nitrogens with zero attached hydrogens (tertiary/aromatic N) is 2. The third kappa shape index (κ3) is 2.38. The van der Waals surface area contributed by atoms with E-state index in [0.29, 0.717) is 52.4 Å². The minimum Gasteiger partial charge on any atom is -0.488 e. The quantitative estimate of drug-likeness (QED) is 0.746. The zero-order valence-electron chi connectivity index (χ0n) is 15.1. The third-order valence-electron chi connectivity index (χ3n) is 5.49. The van der Waals surface area contributed by atoms with Gasteiger partial charge in [0.1, 0.15) is 24.2 Å². The summed E-state index contributed by atoms with van der Waals surface area (Å²) in [4.78, 5) is 19.2. The van der Waals surface area contributed by atoms with Crippen LogP contribution in [0.15, 0.2) is 41.8 Å². The first-order chi connectivity index (χ1) is 14.1. The highest BCUT2D eigenvalue weighted by Gasteiger charge is 2.54. The summed E-state index contributed by atoms with van der Waals surface area (Å²) in [6.45, 7) is 0.572. The number of aromatic nitrogens is 1. The van der Waals surface area contributed by atoms with Crippen LogP contribution in [-0.2, 0) is 15.1 Å². The van der Waals surface area contributed by atoms with Gasteiger partial charge in [0, 0.05) is 18.7 Å². The van der Waals surface area contributed by atoms with Crippen LogP contribution in [0, 0.1) is 0 Å². The summed E-state index contributed by atoms with van der Waals surface area (Å²) in [5.41, 5.74) is 0.808. The summed E-state index contributed by atoms with van der Waals surface area (Å²) < 4.78 is 28.4. The van der Waals surface area contributed by atoms with Gasteiger partial charge in [0.25, 0.3) is 0 Å². The smallest absolute Gasteiger partial charge is 0.415 e. The highest BCUT2D eigenvalue weighted by molar-refractivity contribution is 6.28. The van der Waals surface area contributed by atoms with Gasteiger partial charge in [-0.05, 0) is 35.9 Å². The Hall–Kier alpha value is -3.13. The van der Waals surface area contributed by atoms with Crippen molar-refractivity contribution in [3.8, 4) is 17.2 Å². The molecule has 1 aromatic heterocycles. The number of carbonyl (C=O) groups excluding carboxylic acids is 1. The van der Waals surface area contributed by atoms with Gasteiger partial charge in [-0.25, -0.2) is 4.79 Å². The van der Waals surface area contributed by atoms with E-state index in [2.05, 4.69) is 4.98 Å². The zero-order valence-corrected chi connectivity index (χ0v) is 15.8. The van der Waals surface area contributed by atoms with Crippen molar-refractivity contribution in [2.24, 2.45) is 0 Å². The van der Waals surface area contributed by atoms with Crippen LogP contribution in [0.4, 0.5) is 10.5 Å². The Morgan fingerprint density at radius 3 is 2.90 bits per heavy atom. The molecule has 0 saturated carbocycles. The normalized spacial score (nSPS) is 25.8. The van der Waals surface area contributed by atoms with Crippen molar-refractivity contribution in [2.45, 2.75) is 18.1 Å². The Bertz CT molecular complexity index is 1070. The van der Waals surface area contributed by atoms with Gasteiger partial charge in [0.2, 0.25) is 12.4 Å². The number of carbonyl (C=O) groups is 1. The van der Waals surface area contributed by atoms with Crippen molar-refractivity contribution in [3.05, 3.63) is 53.0 Å². The monoisotopic (exact) mass is 414 g/mol. The van der Waals surface area contributed by atoms with Gasteiger partial charge in [-0.1, -0.05) is 0 Å². The standard InChI is InChI=1S/C20H15ClN2O6/c21-17-4-3-11(28-17)8-23-13-2-1-5-22-18(13)20(29-19(23)24)9-25-14-7-16-15(6-12(14)20)26-10-27-16/h1-2,4-7,11H,3,8-10H2. The molecule has 0 fully saturated rings. The summed E-state index contributed by atoms with van der Waals surface area (Å²) in [5, 5.41) is 0.345. The maximum atomic E-state index is 13.1. The molecule has 0 saturated heterocycles. The van der Waals surface area contributed by atoms with Crippen LogP contribution in [0.1, 0.15) is 17.7 Å². The third-order valence-corrected chi connectivity index (χ3v) is 5.73. The number of rotatable bonds is 2. The SMILES string of the molecule is O=C1OC2(COc3cc4c(cc32)OCO4)c2ncccc2N1CC1CC=C(Cl)O1. The Labute approximate surface area is 170 Å². The second-order valence-electron chi connectivity index (χ2n) is 7.15. The second kappa shape index (κ2) is 5.93. The van der Waals surface area contributed by atoms with Gasteiger partial charge in [-0.3, -0.25) is 9.88 Å². The first-order valence-corrected chi connectivity index (χ1v) is 9.57. The molecule has 2 aromatic rings. The molecule has 0 aliphatic carbocycles. The Morgan fingerprint density at radius 2 is 2.07 bits per heavy atom. The molecule has 8 nitrogen and oxygen atoms in total. The van der Waals surface area contributed by atoms with Gasteiger partial charge in [-0.2, -0.15) is 0 Å². The summed E-state index contributed by atoms with van der Waals surface area (Å²) in [6, 6.07) is 7.19. The van der Waals surface area contributed by atoms with Gasteiger partial charge in [0.15, 0.2) is 16.7 Å². The first-order valence-electron chi connectivity index (χ1n) is 9.19. The van der Waals surface area contributed by atoms with E-state index in [1.165, 1.54) is 4.90 Å². The second-order valence-corrected chi connectivity index (χ2v) is 7.52. The van der Waals surface area contributed by atoms with E-state index in [1.54, 1.807) is 30.5 Å². The minimum absolute atomic E-state index is 0.127. The molecule has 2 atom stereocenters. The molecule has 0 bridgehead atoms. The highest BCUT2D eigenvalue weighted by Crippen LogP contribution is 2.52. The lowest BCUT2D eigenvalue weighted by Gasteiger charge is -2.39. The lowest BCUT2D eigenvalue weighted by Crippen LogP contribution is -2.50. The van der Waals surface area contributed by atoms with Crippen LogP contribution in [0.5, 0.6) is 17.2 Å². The Kier molecular flexibility index (Phi) is 3.44. The molecule has 1 spiro atoms. The fraction of sp³-hybridized carbons (Fsp3) is 0.300. The predicted molar refractivity (Wildman–Crippen MR) is 100 cm³/mol. The van der Waals surface area contributed by atoms with Crippen LogP contribution in [0.2, 0.25) is 0 Å². The van der Waals surface area contributed by atoms with E-state index < -0.39 is 11.7 Å². The van der Waals surface area contributed by atoms with Gasteiger partial charge in [0.05, 0.1) is 17.8 Å². The molecule has 4 aliphatic heterocycles. The molecule has 5 heterocycles. The van der Waals surface area contributed by atoms with Crippen molar-refractivity contribution in [3.63, 3.8) is 0 Å². The zero-order chi connectivity index (χ0) is 19.6. The molecule has 2 unspecified atom stereocenters. The average molecular weight is 415 g/mol. The molecule has 29 heavy (non-hydrogen) atoms. The van der Waals surface area contributed by atoms with Crippen LogP contribution in [0.25, 0.3) is 0 Å². The summed E-state index contributed by atoms with van der Waals surface area (Å²) >= 11 is 5.92. The number of pyridine rings is 1. The van der Waals surface area contributed by atoms with E-state index in [4.69, 9.17) is 35.3 Å². The fourth-order valence-electron chi connectivity index (χ4n) is 4.14. The maximum Gasteiger partial charge on any atom is 0.415 e. The van der Waals surface area contributed by atoms with Crippen molar-refractivity contribution < 1.29 is 28.5 Å². The minimum atomic E-state index is -1.15. The van der Waals surface area contributed by atoms with Crippen molar-refractivity contribution >= 4 is 23.4 Å². The fourth-order valence-corrected chi connectivity index (χ4v) is 4.36. The number of benzene rings is 1. The Morgan fingerprint density at radius 1 is 1.21 bits per heavy atom. The maximum absolute atomic E-state index is 13.1. The van der Waals surface area contributed by atoms with E-state index in [1.807, 2.05) is 6.07 Å². The number of ether oxygens (including phenoxy) is 5. The van der Waals surface area contributed by atoms with E-state index >= 15 is 0 Å². The molecular formula is C20H15ClN2O6. The largest absolute Gasteiger partial charge is 0.488 e. The molecule has 148 valence electrons. The number of halogens is 1. The topological polar surface area (TPSA) is 79.4 Å². The number of hydrogen-bond donors (Lipinski definition) is 0. The molecule has 1 amide bonds. The lowest BCUT2D eigenvalue weighted by atomic mass is 9.89. The average Bonchev–Trinajstić information content (AvgIpc) is 3.43. The van der Waals surface area contributed by atoms with Crippen LogP contribution in [0.3, 0.4) is 0 Å². The number of fused-ring (bicyclic) bond motifs is 5. The van der Waals surface area contributed by atoms with Gasteiger partial charge < -0.3 is 23.7 Å². The molecular weight excluding hydrogens is 400 g/mol. The summed E-state index contributed by atoms with van der Waals surface area (Å²) in [5.74, 6) is 1.78. The van der Waals surface area contributed by atoms with Gasteiger partial charge in [-0.15, -0.1) is 0 Å². The van der Waals surface area contributed by atoms with E-state index in [9.17, 15) is 4.79 Å². The summed E-state index contributed by atoms with van der Waals surface area (Å²) in [7, 11) is 0.